The second kappa shape index (κ2) is 25.3. The minimum absolute atomic E-state index is 0.201. The van der Waals surface area contributed by atoms with E-state index in [1.54, 1.807) is 6.08 Å². The van der Waals surface area contributed by atoms with E-state index in [0.717, 1.165) is 19.3 Å². The van der Waals surface area contributed by atoms with E-state index < -0.39 is 49.5 Å². The van der Waals surface area contributed by atoms with Crippen LogP contribution in [0.1, 0.15) is 136 Å². The number of hydrogen-bond acceptors (Lipinski definition) is 8. The highest BCUT2D eigenvalue weighted by atomic mass is 16.7. The van der Waals surface area contributed by atoms with Gasteiger partial charge in [0.2, 0.25) is 5.91 Å². The number of carbonyl (C=O) groups excluding carboxylic acids is 1. The Hall–Kier alpha value is -1.07. The zero-order valence-electron chi connectivity index (χ0n) is 26.5. The van der Waals surface area contributed by atoms with Crippen LogP contribution >= 0.6 is 0 Å². The maximum absolute atomic E-state index is 11.6. The Morgan fingerprint density at radius 3 is 1.71 bits per heavy atom. The number of rotatable bonds is 26. The second-order valence-corrected chi connectivity index (χ2v) is 12.1. The first-order chi connectivity index (χ1) is 20.3. The Morgan fingerprint density at radius 2 is 1.26 bits per heavy atom. The molecule has 6 N–H and O–H groups in total. The molecule has 0 aromatic rings. The van der Waals surface area contributed by atoms with Crippen molar-refractivity contribution < 1.29 is 39.8 Å². The van der Waals surface area contributed by atoms with Crippen molar-refractivity contribution >= 4 is 5.91 Å². The number of hydrogen-bond donors (Lipinski definition) is 6. The summed E-state index contributed by atoms with van der Waals surface area (Å²) in [4.78, 5) is 11.6. The largest absolute Gasteiger partial charge is 0.394 e. The van der Waals surface area contributed by atoms with Crippen LogP contribution < -0.4 is 5.32 Å². The summed E-state index contributed by atoms with van der Waals surface area (Å²) in [6, 6.07) is -0.800. The lowest BCUT2D eigenvalue weighted by molar-refractivity contribution is -0.302. The second-order valence-electron chi connectivity index (χ2n) is 12.1. The van der Waals surface area contributed by atoms with Crippen LogP contribution in [-0.2, 0) is 14.3 Å². The fraction of sp³-hybridized carbons (Fsp3) is 0.909. The van der Waals surface area contributed by atoms with E-state index in [1.165, 1.54) is 110 Å². The molecule has 1 aliphatic rings. The SMILES string of the molecule is CCCCCCCCCCCCCCCCCCCC/C=C/C(O)C(COC1OC(CO)C(O)C(O)C1O)NC(C)=O. The minimum Gasteiger partial charge on any atom is -0.394 e. The van der Waals surface area contributed by atoms with Gasteiger partial charge in [0.25, 0.3) is 0 Å². The van der Waals surface area contributed by atoms with E-state index >= 15 is 0 Å². The quantitative estimate of drug-likeness (QED) is 0.0620. The fourth-order valence-corrected chi connectivity index (χ4v) is 5.42. The fourth-order valence-electron chi connectivity index (χ4n) is 5.42. The smallest absolute Gasteiger partial charge is 0.217 e. The number of amides is 1. The van der Waals surface area contributed by atoms with Gasteiger partial charge in [-0.15, -0.1) is 0 Å². The maximum Gasteiger partial charge on any atom is 0.217 e. The van der Waals surface area contributed by atoms with E-state index in [4.69, 9.17) is 9.47 Å². The molecule has 0 saturated carbocycles. The zero-order valence-corrected chi connectivity index (χ0v) is 26.5. The molecule has 1 heterocycles. The van der Waals surface area contributed by atoms with Crippen molar-refractivity contribution in [2.75, 3.05) is 13.2 Å². The van der Waals surface area contributed by atoms with Gasteiger partial charge in [-0.25, -0.2) is 0 Å². The first kappa shape index (κ1) is 39.0. The topological polar surface area (TPSA) is 149 Å². The van der Waals surface area contributed by atoms with Gasteiger partial charge in [0.15, 0.2) is 6.29 Å². The first-order valence-electron chi connectivity index (χ1n) is 16.9. The third kappa shape index (κ3) is 17.9. The predicted molar refractivity (Wildman–Crippen MR) is 166 cm³/mol. The maximum atomic E-state index is 11.6. The Morgan fingerprint density at radius 1 is 0.786 bits per heavy atom. The minimum atomic E-state index is -1.56. The van der Waals surface area contributed by atoms with Gasteiger partial charge >= 0.3 is 0 Å². The summed E-state index contributed by atoms with van der Waals surface area (Å²) in [5, 5.41) is 52.5. The monoisotopic (exact) mass is 601 g/mol. The number of nitrogens with one attached hydrogen (secondary N) is 1. The molecular weight excluding hydrogens is 538 g/mol. The summed E-state index contributed by atoms with van der Waals surface area (Å²) in [6.07, 6.45) is 20.4. The van der Waals surface area contributed by atoms with Crippen LogP contribution in [-0.4, -0.2) is 87.5 Å². The number of unbranched alkanes of at least 4 members (excludes halogenated alkanes) is 18. The molecule has 7 unspecified atom stereocenters. The third-order valence-corrected chi connectivity index (χ3v) is 8.15. The molecule has 0 aromatic heterocycles. The number of aliphatic hydroxyl groups excluding tert-OH is 5. The lowest BCUT2D eigenvalue weighted by Gasteiger charge is -2.40. The van der Waals surface area contributed by atoms with Crippen LogP contribution in [0.4, 0.5) is 0 Å². The van der Waals surface area contributed by atoms with Crippen molar-refractivity contribution in [1.29, 1.82) is 0 Å². The van der Waals surface area contributed by atoms with Crippen LogP contribution in [0, 0.1) is 0 Å². The molecule has 9 heteroatoms. The van der Waals surface area contributed by atoms with Gasteiger partial charge in [-0.2, -0.15) is 0 Å². The van der Waals surface area contributed by atoms with E-state index in [9.17, 15) is 30.3 Å². The molecule has 0 radical (unpaired) electrons. The summed E-state index contributed by atoms with van der Waals surface area (Å²) in [7, 11) is 0. The summed E-state index contributed by atoms with van der Waals surface area (Å²) < 4.78 is 10.8. The standard InChI is InChI=1S/C33H63NO8/c1-3-4-5-6-7-8-9-10-11-12-13-14-15-16-17-18-19-20-21-22-23-28(37)27(34-26(2)36)25-41-33-32(40)31(39)30(38)29(24-35)42-33/h22-23,27-33,35,37-40H,3-21,24-25H2,1-2H3,(H,34,36)/b23-22+. The van der Waals surface area contributed by atoms with Gasteiger partial charge in [0.1, 0.15) is 24.4 Å². The molecule has 0 aliphatic carbocycles. The molecule has 1 rings (SSSR count). The van der Waals surface area contributed by atoms with E-state index in [-0.39, 0.29) is 12.5 Å². The Labute approximate surface area is 255 Å². The number of ether oxygens (including phenoxy) is 2. The average molecular weight is 602 g/mol. The number of allylic oxidation sites excluding steroid dienone is 1. The van der Waals surface area contributed by atoms with E-state index in [1.807, 2.05) is 6.08 Å². The van der Waals surface area contributed by atoms with Crippen LogP contribution in [0.25, 0.3) is 0 Å². The van der Waals surface area contributed by atoms with Crippen molar-refractivity contribution in [3.63, 3.8) is 0 Å². The van der Waals surface area contributed by atoms with Crippen molar-refractivity contribution in [2.45, 2.75) is 179 Å². The molecule has 0 aromatic carbocycles. The average Bonchev–Trinajstić information content (AvgIpc) is 2.97. The summed E-state index contributed by atoms with van der Waals surface area (Å²) >= 11 is 0. The van der Waals surface area contributed by atoms with Crippen LogP contribution in [0.5, 0.6) is 0 Å². The van der Waals surface area contributed by atoms with Crippen molar-refractivity contribution in [1.82, 2.24) is 5.32 Å². The molecule has 1 fully saturated rings. The predicted octanol–water partition coefficient (Wildman–Crippen LogP) is 4.66. The summed E-state index contributed by atoms with van der Waals surface area (Å²) in [5.41, 5.74) is 0. The highest BCUT2D eigenvalue weighted by Crippen LogP contribution is 2.22. The zero-order chi connectivity index (χ0) is 31.0. The molecule has 248 valence electrons. The number of carbonyl (C=O) groups is 1. The first-order valence-corrected chi connectivity index (χ1v) is 16.9. The van der Waals surface area contributed by atoms with Crippen LogP contribution in [0.2, 0.25) is 0 Å². The highest BCUT2D eigenvalue weighted by Gasteiger charge is 2.44. The van der Waals surface area contributed by atoms with E-state index in [0.29, 0.717) is 0 Å². The van der Waals surface area contributed by atoms with Crippen LogP contribution in [0.15, 0.2) is 12.2 Å². The van der Waals surface area contributed by atoms with Gasteiger partial charge in [-0.1, -0.05) is 128 Å². The normalized spacial score (nSPS) is 24.2. The lowest BCUT2D eigenvalue weighted by Crippen LogP contribution is -2.60. The van der Waals surface area contributed by atoms with Crippen molar-refractivity contribution in [2.24, 2.45) is 0 Å². The summed E-state index contributed by atoms with van der Waals surface area (Å²) in [5.74, 6) is -0.353. The molecule has 9 nitrogen and oxygen atoms in total. The molecule has 1 amide bonds. The van der Waals surface area contributed by atoms with Crippen molar-refractivity contribution in [3.8, 4) is 0 Å². The van der Waals surface area contributed by atoms with Gasteiger partial charge < -0.3 is 40.3 Å². The van der Waals surface area contributed by atoms with Gasteiger partial charge in [-0.3, -0.25) is 4.79 Å². The van der Waals surface area contributed by atoms with Gasteiger partial charge in [0.05, 0.1) is 25.4 Å². The molecule has 42 heavy (non-hydrogen) atoms. The van der Waals surface area contributed by atoms with Crippen LogP contribution in [0.3, 0.4) is 0 Å². The lowest BCUT2D eigenvalue weighted by atomic mass is 9.99. The molecule has 1 aliphatic heterocycles. The molecular formula is C33H63NO8. The Balaban J connectivity index is 2.10. The highest BCUT2D eigenvalue weighted by molar-refractivity contribution is 5.73. The Kier molecular flexibility index (Phi) is 23.4. The van der Waals surface area contributed by atoms with Gasteiger partial charge in [-0.05, 0) is 12.8 Å². The van der Waals surface area contributed by atoms with Crippen molar-refractivity contribution in [3.05, 3.63) is 12.2 Å². The molecule has 7 atom stereocenters. The van der Waals surface area contributed by atoms with Gasteiger partial charge in [0, 0.05) is 6.92 Å². The molecule has 1 saturated heterocycles. The molecule has 0 bridgehead atoms. The Bertz CT molecular complexity index is 676. The summed E-state index contributed by atoms with van der Waals surface area (Å²) in [6.45, 7) is 2.83. The molecule has 0 spiro atoms. The number of aliphatic hydroxyl groups is 5. The van der Waals surface area contributed by atoms with E-state index in [2.05, 4.69) is 12.2 Å². The third-order valence-electron chi connectivity index (χ3n) is 8.15.